The smallest absolute Gasteiger partial charge is 0.254 e. The van der Waals surface area contributed by atoms with Gasteiger partial charge in [0.25, 0.3) is 5.91 Å². The van der Waals surface area contributed by atoms with Crippen LogP contribution in [0.25, 0.3) is 0 Å². The molecule has 0 spiro atoms. The zero-order valence-electron chi connectivity index (χ0n) is 17.6. The highest BCUT2D eigenvalue weighted by Gasteiger charge is 2.29. The van der Waals surface area contributed by atoms with Gasteiger partial charge >= 0.3 is 0 Å². The van der Waals surface area contributed by atoms with Gasteiger partial charge in [0, 0.05) is 49.6 Å². The molecule has 0 radical (unpaired) electrons. The fourth-order valence-corrected chi connectivity index (χ4v) is 3.63. The second kappa shape index (κ2) is 9.88. The monoisotopic (exact) mass is 422 g/mol. The maximum atomic E-state index is 13.2. The van der Waals surface area contributed by atoms with E-state index in [1.165, 1.54) is 13.8 Å². The standard InChI is InChI=1S/C23H26N4O4/c1-15(28)24-20-11-18(12-21(13-20)25-16(2)29)23(31)27-10-6-7-17(14-27)22(30)26-19-8-4-3-5-9-19/h3-5,8-9,11-13,17H,6-7,10,14H2,1-2H3,(H,24,28)(H,25,29)(H,26,30)/t17-/m0/s1. The number of anilines is 3. The number of amides is 4. The summed E-state index contributed by atoms with van der Waals surface area (Å²) in [5.41, 5.74) is 1.88. The van der Waals surface area contributed by atoms with E-state index in [1.54, 1.807) is 23.1 Å². The first-order valence-electron chi connectivity index (χ1n) is 10.2. The Morgan fingerprint density at radius 2 is 1.45 bits per heavy atom. The Bertz CT molecular complexity index is 956. The number of nitrogens with one attached hydrogen (secondary N) is 3. The lowest BCUT2D eigenvalue weighted by molar-refractivity contribution is -0.121. The fourth-order valence-electron chi connectivity index (χ4n) is 3.63. The van der Waals surface area contributed by atoms with Crippen LogP contribution in [0.2, 0.25) is 0 Å². The van der Waals surface area contributed by atoms with Gasteiger partial charge in [0.15, 0.2) is 0 Å². The lowest BCUT2D eigenvalue weighted by Crippen LogP contribution is -2.43. The van der Waals surface area contributed by atoms with Gasteiger partial charge in [0.2, 0.25) is 17.7 Å². The topological polar surface area (TPSA) is 108 Å². The molecular formula is C23H26N4O4. The van der Waals surface area contributed by atoms with Crippen LogP contribution in [-0.4, -0.2) is 41.6 Å². The molecule has 1 saturated heterocycles. The molecule has 1 aliphatic rings. The number of benzene rings is 2. The summed E-state index contributed by atoms with van der Waals surface area (Å²) in [5.74, 6) is -1.25. The molecule has 2 aromatic carbocycles. The Morgan fingerprint density at radius 3 is 2.03 bits per heavy atom. The third-order valence-electron chi connectivity index (χ3n) is 4.94. The summed E-state index contributed by atoms with van der Waals surface area (Å²) in [7, 11) is 0. The summed E-state index contributed by atoms with van der Waals surface area (Å²) in [5, 5.41) is 8.19. The number of piperidine rings is 1. The van der Waals surface area contributed by atoms with Crippen LogP contribution in [0.3, 0.4) is 0 Å². The SMILES string of the molecule is CC(=O)Nc1cc(NC(C)=O)cc(C(=O)N2CCC[C@H](C(=O)Nc3ccccc3)C2)c1. The van der Waals surface area contributed by atoms with E-state index < -0.39 is 0 Å². The summed E-state index contributed by atoms with van der Waals surface area (Å²) in [6, 6.07) is 13.9. The second-order valence-electron chi connectivity index (χ2n) is 7.61. The third-order valence-corrected chi connectivity index (χ3v) is 4.94. The summed E-state index contributed by atoms with van der Waals surface area (Å²) in [6.45, 7) is 3.57. The van der Waals surface area contributed by atoms with Crippen molar-refractivity contribution in [3.8, 4) is 0 Å². The number of hydrogen-bond donors (Lipinski definition) is 3. The van der Waals surface area contributed by atoms with Crippen molar-refractivity contribution in [2.45, 2.75) is 26.7 Å². The van der Waals surface area contributed by atoms with Crippen molar-refractivity contribution in [2.75, 3.05) is 29.0 Å². The number of carbonyl (C=O) groups is 4. The van der Waals surface area contributed by atoms with E-state index in [1.807, 2.05) is 30.3 Å². The summed E-state index contributed by atoms with van der Waals surface area (Å²) < 4.78 is 0. The normalized spacial score (nSPS) is 15.7. The van der Waals surface area contributed by atoms with Gasteiger partial charge in [0.1, 0.15) is 0 Å². The van der Waals surface area contributed by atoms with Crippen molar-refractivity contribution in [3.63, 3.8) is 0 Å². The first-order chi connectivity index (χ1) is 14.8. The van der Waals surface area contributed by atoms with Gasteiger partial charge in [-0.25, -0.2) is 0 Å². The Morgan fingerprint density at radius 1 is 0.839 bits per heavy atom. The van der Waals surface area contributed by atoms with Gasteiger partial charge < -0.3 is 20.9 Å². The molecule has 1 fully saturated rings. The van der Waals surface area contributed by atoms with Crippen LogP contribution in [-0.2, 0) is 14.4 Å². The molecule has 3 N–H and O–H groups in total. The molecule has 162 valence electrons. The van der Waals surface area contributed by atoms with Gasteiger partial charge in [-0.15, -0.1) is 0 Å². The molecular weight excluding hydrogens is 396 g/mol. The van der Waals surface area contributed by atoms with Gasteiger partial charge in [-0.05, 0) is 43.2 Å². The van der Waals surface area contributed by atoms with E-state index in [0.717, 1.165) is 5.69 Å². The van der Waals surface area contributed by atoms with E-state index in [-0.39, 0.29) is 29.5 Å². The van der Waals surface area contributed by atoms with Crippen LogP contribution in [0.15, 0.2) is 48.5 Å². The van der Waals surface area contributed by atoms with Crippen molar-refractivity contribution in [1.82, 2.24) is 4.90 Å². The fraction of sp³-hybridized carbons (Fsp3) is 0.304. The number of likely N-dealkylation sites (tertiary alicyclic amines) is 1. The molecule has 31 heavy (non-hydrogen) atoms. The predicted octanol–water partition coefficient (Wildman–Crippen LogP) is 3.09. The average Bonchev–Trinajstić information content (AvgIpc) is 2.73. The van der Waals surface area contributed by atoms with E-state index in [2.05, 4.69) is 16.0 Å². The molecule has 0 aromatic heterocycles. The van der Waals surface area contributed by atoms with Gasteiger partial charge in [-0.3, -0.25) is 19.2 Å². The Kier molecular flexibility index (Phi) is 7.02. The number of rotatable bonds is 5. The second-order valence-corrected chi connectivity index (χ2v) is 7.61. The van der Waals surface area contributed by atoms with Crippen molar-refractivity contribution in [1.29, 1.82) is 0 Å². The number of para-hydroxylation sites is 1. The quantitative estimate of drug-likeness (QED) is 0.688. The summed E-state index contributed by atoms with van der Waals surface area (Å²) >= 11 is 0. The Hall–Kier alpha value is -3.68. The Labute approximate surface area is 181 Å². The lowest BCUT2D eigenvalue weighted by Gasteiger charge is -2.32. The van der Waals surface area contributed by atoms with Gasteiger partial charge in [-0.2, -0.15) is 0 Å². The van der Waals surface area contributed by atoms with Crippen molar-refractivity contribution >= 4 is 40.7 Å². The maximum absolute atomic E-state index is 13.2. The molecule has 1 atom stereocenters. The number of carbonyl (C=O) groups excluding carboxylic acids is 4. The first kappa shape index (κ1) is 22.0. The van der Waals surface area contributed by atoms with Crippen molar-refractivity contribution in [2.24, 2.45) is 5.92 Å². The van der Waals surface area contributed by atoms with E-state index in [9.17, 15) is 19.2 Å². The van der Waals surface area contributed by atoms with Crippen LogP contribution in [0, 0.1) is 5.92 Å². The van der Waals surface area contributed by atoms with Gasteiger partial charge in [0.05, 0.1) is 5.92 Å². The molecule has 0 aliphatic carbocycles. The molecule has 4 amide bonds. The minimum atomic E-state index is -0.314. The van der Waals surface area contributed by atoms with Crippen LogP contribution in [0.4, 0.5) is 17.1 Å². The summed E-state index contributed by atoms with van der Waals surface area (Å²) in [6.07, 6.45) is 1.41. The lowest BCUT2D eigenvalue weighted by atomic mass is 9.96. The molecule has 3 rings (SSSR count). The van der Waals surface area contributed by atoms with Crippen LogP contribution >= 0.6 is 0 Å². The van der Waals surface area contributed by atoms with E-state index >= 15 is 0 Å². The minimum Gasteiger partial charge on any atom is -0.338 e. The van der Waals surface area contributed by atoms with Crippen LogP contribution in [0.1, 0.15) is 37.0 Å². The zero-order chi connectivity index (χ0) is 22.4. The maximum Gasteiger partial charge on any atom is 0.254 e. The number of nitrogens with zero attached hydrogens (tertiary/aromatic N) is 1. The predicted molar refractivity (Wildman–Crippen MR) is 119 cm³/mol. The molecule has 1 aliphatic heterocycles. The molecule has 0 bridgehead atoms. The third kappa shape index (κ3) is 6.15. The van der Waals surface area contributed by atoms with Crippen LogP contribution < -0.4 is 16.0 Å². The minimum absolute atomic E-state index is 0.116. The number of hydrogen-bond acceptors (Lipinski definition) is 4. The van der Waals surface area contributed by atoms with E-state index in [0.29, 0.717) is 42.9 Å². The first-order valence-corrected chi connectivity index (χ1v) is 10.2. The zero-order valence-corrected chi connectivity index (χ0v) is 17.6. The average molecular weight is 422 g/mol. The molecule has 2 aromatic rings. The van der Waals surface area contributed by atoms with Crippen molar-refractivity contribution < 1.29 is 19.2 Å². The van der Waals surface area contributed by atoms with E-state index in [4.69, 9.17) is 0 Å². The Balaban J connectivity index is 1.75. The van der Waals surface area contributed by atoms with Crippen molar-refractivity contribution in [3.05, 3.63) is 54.1 Å². The molecule has 0 unspecified atom stereocenters. The molecule has 8 nitrogen and oxygen atoms in total. The molecule has 1 heterocycles. The highest BCUT2D eigenvalue weighted by Crippen LogP contribution is 2.24. The molecule has 0 saturated carbocycles. The highest BCUT2D eigenvalue weighted by atomic mass is 16.2. The largest absolute Gasteiger partial charge is 0.338 e. The highest BCUT2D eigenvalue weighted by molar-refractivity contribution is 6.00. The van der Waals surface area contributed by atoms with Crippen LogP contribution in [0.5, 0.6) is 0 Å². The molecule has 8 heteroatoms. The summed E-state index contributed by atoms with van der Waals surface area (Å²) in [4.78, 5) is 50.4. The van der Waals surface area contributed by atoms with Gasteiger partial charge in [-0.1, -0.05) is 18.2 Å².